The number of nitrogens with zero attached hydrogens (tertiary/aromatic N) is 1. The van der Waals surface area contributed by atoms with Crippen molar-refractivity contribution in [2.24, 2.45) is 5.73 Å². The predicted molar refractivity (Wildman–Crippen MR) is 60.3 cm³/mol. The summed E-state index contributed by atoms with van der Waals surface area (Å²) in [5, 5.41) is 18.2. The van der Waals surface area contributed by atoms with Crippen LogP contribution in [0, 0.1) is 0 Å². The van der Waals surface area contributed by atoms with Gasteiger partial charge in [-0.3, -0.25) is 0 Å². The molecule has 0 amide bonds. The average molecular weight is 226 g/mol. The molecule has 0 heterocycles. The van der Waals surface area contributed by atoms with Crippen LogP contribution in [-0.2, 0) is 0 Å². The number of carboxylic acids is 1. The van der Waals surface area contributed by atoms with Crippen molar-refractivity contribution in [3.8, 4) is 5.75 Å². The fraction of sp³-hybridized carbons (Fsp3) is 0.111. The maximum atomic E-state index is 10.6. The maximum Gasteiger partial charge on any atom is 0.339 e. The number of aromatic carboxylic acids is 1. The van der Waals surface area contributed by atoms with E-state index in [0.717, 1.165) is 0 Å². The highest BCUT2D eigenvalue weighted by Crippen LogP contribution is 2.23. The number of phenols is 1. The molecule has 0 saturated carbocycles. The zero-order valence-corrected chi connectivity index (χ0v) is 8.78. The zero-order valence-electron chi connectivity index (χ0n) is 7.97. The van der Waals surface area contributed by atoms with Gasteiger partial charge in [0.2, 0.25) is 0 Å². The van der Waals surface area contributed by atoms with E-state index in [-0.39, 0.29) is 16.4 Å². The molecule has 0 bridgehead atoms. The van der Waals surface area contributed by atoms with Gasteiger partial charge in [-0.15, -0.1) is 0 Å². The minimum atomic E-state index is -1.18. The van der Waals surface area contributed by atoms with Gasteiger partial charge in [0.1, 0.15) is 11.3 Å². The summed E-state index contributed by atoms with van der Waals surface area (Å²) in [4.78, 5) is 12.1. The molecule has 5 nitrogen and oxygen atoms in total. The summed E-state index contributed by atoms with van der Waals surface area (Å²) in [6.45, 7) is 0. The van der Waals surface area contributed by atoms with Crippen LogP contribution in [0.1, 0.15) is 10.4 Å². The van der Waals surface area contributed by atoms with Gasteiger partial charge in [-0.2, -0.15) is 0 Å². The van der Waals surface area contributed by atoms with Gasteiger partial charge >= 0.3 is 5.97 Å². The molecule has 0 aliphatic rings. The third kappa shape index (κ3) is 2.35. The highest BCUT2D eigenvalue weighted by molar-refractivity contribution is 7.80. The minimum Gasteiger partial charge on any atom is -0.507 e. The van der Waals surface area contributed by atoms with Gasteiger partial charge in [0.15, 0.2) is 5.11 Å². The summed E-state index contributed by atoms with van der Waals surface area (Å²) < 4.78 is 0. The summed E-state index contributed by atoms with van der Waals surface area (Å²) in [6, 6.07) is 4.10. The molecule has 0 radical (unpaired) electrons. The van der Waals surface area contributed by atoms with Crippen LogP contribution in [0.15, 0.2) is 18.2 Å². The van der Waals surface area contributed by atoms with E-state index in [2.05, 4.69) is 0 Å². The summed E-state index contributed by atoms with van der Waals surface area (Å²) >= 11 is 4.73. The minimum absolute atomic E-state index is 0.137. The molecule has 0 aliphatic heterocycles. The fourth-order valence-corrected chi connectivity index (χ4v) is 1.14. The van der Waals surface area contributed by atoms with Crippen LogP contribution in [-0.4, -0.2) is 28.3 Å². The molecule has 1 aromatic rings. The van der Waals surface area contributed by atoms with E-state index < -0.39 is 5.97 Å². The molecule has 0 atom stereocenters. The predicted octanol–water partition coefficient (Wildman–Crippen LogP) is 0.770. The van der Waals surface area contributed by atoms with Crippen molar-refractivity contribution in [1.82, 2.24) is 0 Å². The van der Waals surface area contributed by atoms with Crippen molar-refractivity contribution in [2.75, 3.05) is 11.9 Å². The third-order valence-electron chi connectivity index (χ3n) is 1.93. The van der Waals surface area contributed by atoms with Gasteiger partial charge in [0.05, 0.1) is 0 Å². The van der Waals surface area contributed by atoms with Gasteiger partial charge < -0.3 is 20.8 Å². The number of thiocarbonyl (C=S) groups is 1. The largest absolute Gasteiger partial charge is 0.507 e. The Hall–Kier alpha value is -1.82. The number of carbonyl (C=O) groups is 1. The highest BCUT2D eigenvalue weighted by atomic mass is 32.1. The van der Waals surface area contributed by atoms with Gasteiger partial charge in [-0.05, 0) is 24.4 Å². The zero-order chi connectivity index (χ0) is 11.6. The molecule has 15 heavy (non-hydrogen) atoms. The molecular weight excluding hydrogens is 216 g/mol. The monoisotopic (exact) mass is 226 g/mol. The number of carboxylic acid groups (broad SMARTS) is 1. The summed E-state index contributed by atoms with van der Waals surface area (Å²) in [5.41, 5.74) is 5.75. The first kappa shape index (κ1) is 11.3. The number of rotatable bonds is 2. The van der Waals surface area contributed by atoms with Crippen molar-refractivity contribution in [2.45, 2.75) is 0 Å². The van der Waals surface area contributed by atoms with Crippen molar-refractivity contribution in [3.63, 3.8) is 0 Å². The van der Waals surface area contributed by atoms with Crippen LogP contribution in [0.4, 0.5) is 5.69 Å². The summed E-state index contributed by atoms with van der Waals surface area (Å²) in [7, 11) is 1.62. The van der Waals surface area contributed by atoms with Crippen LogP contribution >= 0.6 is 12.2 Å². The second-order valence-corrected chi connectivity index (χ2v) is 3.32. The Kier molecular flexibility index (Phi) is 3.11. The summed E-state index contributed by atoms with van der Waals surface area (Å²) in [5.74, 6) is -1.50. The van der Waals surface area contributed by atoms with Crippen molar-refractivity contribution < 1.29 is 15.0 Å². The molecular formula is C9H10N2O3S. The lowest BCUT2D eigenvalue weighted by Gasteiger charge is -2.17. The fourth-order valence-electron chi connectivity index (χ4n) is 1.04. The number of hydrogen-bond donors (Lipinski definition) is 3. The lowest BCUT2D eigenvalue weighted by molar-refractivity contribution is 0.0694. The second-order valence-electron chi connectivity index (χ2n) is 2.90. The van der Waals surface area contributed by atoms with Crippen LogP contribution < -0.4 is 10.6 Å². The van der Waals surface area contributed by atoms with Crippen molar-refractivity contribution in [1.29, 1.82) is 0 Å². The van der Waals surface area contributed by atoms with E-state index in [1.807, 2.05) is 0 Å². The SMILES string of the molecule is CN(C(N)=S)c1ccc(C(=O)O)c(O)c1. The number of hydrogen-bond acceptors (Lipinski definition) is 3. The molecule has 4 N–H and O–H groups in total. The molecule has 0 fully saturated rings. The van der Waals surface area contributed by atoms with Crippen LogP contribution in [0.5, 0.6) is 5.75 Å². The number of nitrogens with two attached hydrogens (primary N) is 1. The van der Waals surface area contributed by atoms with E-state index >= 15 is 0 Å². The van der Waals surface area contributed by atoms with Crippen LogP contribution in [0.25, 0.3) is 0 Å². The van der Waals surface area contributed by atoms with E-state index in [9.17, 15) is 9.90 Å². The van der Waals surface area contributed by atoms with Crippen LogP contribution in [0.2, 0.25) is 0 Å². The molecule has 80 valence electrons. The Morgan fingerprint density at radius 1 is 1.53 bits per heavy atom. The average Bonchev–Trinajstić information content (AvgIpc) is 2.15. The first-order valence-electron chi connectivity index (χ1n) is 4.03. The Bertz CT molecular complexity index is 420. The highest BCUT2D eigenvalue weighted by Gasteiger charge is 2.11. The summed E-state index contributed by atoms with van der Waals surface area (Å²) in [6.07, 6.45) is 0. The molecule has 0 aliphatic carbocycles. The Morgan fingerprint density at radius 2 is 2.13 bits per heavy atom. The smallest absolute Gasteiger partial charge is 0.339 e. The molecule has 0 aromatic heterocycles. The van der Waals surface area contributed by atoms with E-state index in [4.69, 9.17) is 23.1 Å². The van der Waals surface area contributed by atoms with Crippen molar-refractivity contribution in [3.05, 3.63) is 23.8 Å². The Morgan fingerprint density at radius 3 is 2.53 bits per heavy atom. The van der Waals surface area contributed by atoms with E-state index in [1.54, 1.807) is 7.05 Å². The van der Waals surface area contributed by atoms with Gasteiger partial charge in [0, 0.05) is 18.8 Å². The second kappa shape index (κ2) is 4.14. The van der Waals surface area contributed by atoms with E-state index in [0.29, 0.717) is 5.69 Å². The Labute approximate surface area is 91.7 Å². The lowest BCUT2D eigenvalue weighted by atomic mass is 10.2. The Balaban J connectivity index is 3.12. The molecule has 0 unspecified atom stereocenters. The van der Waals surface area contributed by atoms with Crippen molar-refractivity contribution >= 4 is 29.0 Å². The van der Waals surface area contributed by atoms with E-state index in [1.165, 1.54) is 23.1 Å². The molecule has 1 aromatic carbocycles. The standard InChI is InChI=1S/C9H10N2O3S/c1-11(9(10)15)5-2-3-6(8(13)14)7(12)4-5/h2-4,12H,1H3,(H2,10,15)(H,13,14). The topological polar surface area (TPSA) is 86.8 Å². The maximum absolute atomic E-state index is 10.6. The number of anilines is 1. The normalized spacial score (nSPS) is 9.67. The molecule has 0 saturated heterocycles. The van der Waals surface area contributed by atoms with Gasteiger partial charge in [-0.25, -0.2) is 4.79 Å². The molecule has 6 heteroatoms. The first-order valence-corrected chi connectivity index (χ1v) is 4.43. The number of aromatic hydroxyl groups is 1. The first-order chi connectivity index (χ1) is 6.93. The third-order valence-corrected chi connectivity index (χ3v) is 2.20. The van der Waals surface area contributed by atoms with Crippen LogP contribution in [0.3, 0.4) is 0 Å². The molecule has 0 spiro atoms. The number of benzene rings is 1. The van der Waals surface area contributed by atoms with Gasteiger partial charge in [-0.1, -0.05) is 0 Å². The lowest BCUT2D eigenvalue weighted by Crippen LogP contribution is -2.31. The molecule has 1 rings (SSSR count). The van der Waals surface area contributed by atoms with Gasteiger partial charge in [0.25, 0.3) is 0 Å². The quantitative estimate of drug-likeness (QED) is 0.646.